The lowest BCUT2D eigenvalue weighted by Crippen LogP contribution is -2.36. The summed E-state index contributed by atoms with van der Waals surface area (Å²) < 4.78 is 6.62. The number of hydrogen-bond acceptors (Lipinski definition) is 2. The fourth-order valence-electron chi connectivity index (χ4n) is 1.99. The van der Waals surface area contributed by atoms with Gasteiger partial charge in [-0.1, -0.05) is 15.9 Å². The van der Waals surface area contributed by atoms with E-state index in [-0.39, 0.29) is 5.54 Å². The second-order valence-electron chi connectivity index (χ2n) is 6.05. The first-order valence-electron chi connectivity index (χ1n) is 6.91. The molecular weight excluding hydrogens is 302 g/mol. The van der Waals surface area contributed by atoms with Gasteiger partial charge in [-0.15, -0.1) is 0 Å². The average Bonchev–Trinajstić information content (AvgIpc) is 2.31. The summed E-state index contributed by atoms with van der Waals surface area (Å²) in [6, 6.07) is 4.29. The number of aryl methyl sites for hydroxylation is 2. The zero-order chi connectivity index (χ0) is 14.5. The van der Waals surface area contributed by atoms with E-state index in [4.69, 9.17) is 4.74 Å². The Kier molecular flexibility index (Phi) is 6.34. The zero-order valence-corrected chi connectivity index (χ0v) is 14.4. The number of benzene rings is 1. The molecule has 0 aliphatic carbocycles. The summed E-state index contributed by atoms with van der Waals surface area (Å²) in [5.74, 6) is 1.00. The summed E-state index contributed by atoms with van der Waals surface area (Å²) in [6.07, 6.45) is 3.43. The number of ether oxygens (including phenoxy) is 1. The van der Waals surface area contributed by atoms with E-state index in [0.717, 1.165) is 23.2 Å². The Labute approximate surface area is 126 Å². The highest BCUT2D eigenvalue weighted by molar-refractivity contribution is 9.10. The predicted molar refractivity (Wildman–Crippen MR) is 86.1 cm³/mol. The van der Waals surface area contributed by atoms with Crippen molar-refractivity contribution in [2.24, 2.45) is 0 Å². The van der Waals surface area contributed by atoms with Gasteiger partial charge in [-0.05, 0) is 76.8 Å². The maximum atomic E-state index is 5.46. The van der Waals surface area contributed by atoms with Crippen LogP contribution in [0.15, 0.2) is 16.6 Å². The van der Waals surface area contributed by atoms with Gasteiger partial charge in [0.2, 0.25) is 0 Å². The molecule has 0 bridgehead atoms. The molecule has 0 radical (unpaired) electrons. The summed E-state index contributed by atoms with van der Waals surface area (Å²) in [4.78, 5) is 0. The van der Waals surface area contributed by atoms with E-state index >= 15 is 0 Å². The third kappa shape index (κ3) is 5.96. The van der Waals surface area contributed by atoms with Crippen LogP contribution in [0.4, 0.5) is 0 Å². The van der Waals surface area contributed by atoms with E-state index in [1.165, 1.54) is 24.0 Å². The Morgan fingerprint density at radius 2 is 1.89 bits per heavy atom. The van der Waals surface area contributed by atoms with Crippen molar-refractivity contribution in [1.29, 1.82) is 0 Å². The molecule has 0 aromatic heterocycles. The molecule has 0 heterocycles. The Bertz CT molecular complexity index is 410. The number of unbranched alkanes of at least 4 members (excludes halogenated alkanes) is 1. The Hall–Kier alpha value is -0.540. The fourth-order valence-corrected chi connectivity index (χ4v) is 2.38. The molecule has 108 valence electrons. The third-order valence-corrected chi connectivity index (χ3v) is 3.94. The molecule has 0 aliphatic rings. The summed E-state index contributed by atoms with van der Waals surface area (Å²) in [7, 11) is 1.74. The van der Waals surface area contributed by atoms with Crippen LogP contribution in [0.2, 0.25) is 0 Å². The largest absolute Gasteiger partial charge is 0.496 e. The summed E-state index contributed by atoms with van der Waals surface area (Å²) in [6.45, 7) is 9.76. The van der Waals surface area contributed by atoms with Crippen LogP contribution in [-0.4, -0.2) is 19.2 Å². The number of halogens is 1. The monoisotopic (exact) mass is 327 g/mol. The minimum Gasteiger partial charge on any atom is -0.496 e. The van der Waals surface area contributed by atoms with Gasteiger partial charge in [-0.2, -0.15) is 0 Å². The van der Waals surface area contributed by atoms with Crippen LogP contribution in [0.5, 0.6) is 5.75 Å². The maximum absolute atomic E-state index is 5.46. The molecule has 0 spiro atoms. The van der Waals surface area contributed by atoms with Crippen LogP contribution in [0.3, 0.4) is 0 Å². The van der Waals surface area contributed by atoms with Crippen LogP contribution in [0.25, 0.3) is 0 Å². The highest BCUT2D eigenvalue weighted by Gasteiger charge is 2.09. The van der Waals surface area contributed by atoms with Gasteiger partial charge in [0.25, 0.3) is 0 Å². The van der Waals surface area contributed by atoms with Crippen molar-refractivity contribution in [3.05, 3.63) is 27.7 Å². The van der Waals surface area contributed by atoms with Crippen molar-refractivity contribution in [2.75, 3.05) is 13.7 Å². The Morgan fingerprint density at radius 1 is 1.21 bits per heavy atom. The minimum atomic E-state index is 0.213. The maximum Gasteiger partial charge on any atom is 0.122 e. The summed E-state index contributed by atoms with van der Waals surface area (Å²) in [5.41, 5.74) is 2.72. The van der Waals surface area contributed by atoms with E-state index in [0.29, 0.717) is 0 Å². The van der Waals surface area contributed by atoms with E-state index < -0.39 is 0 Å². The van der Waals surface area contributed by atoms with Gasteiger partial charge in [-0.25, -0.2) is 0 Å². The van der Waals surface area contributed by atoms with Gasteiger partial charge in [0.05, 0.1) is 7.11 Å². The third-order valence-electron chi connectivity index (χ3n) is 3.09. The molecule has 0 amide bonds. The van der Waals surface area contributed by atoms with Gasteiger partial charge in [0.1, 0.15) is 5.75 Å². The van der Waals surface area contributed by atoms with Crippen molar-refractivity contribution in [1.82, 2.24) is 5.32 Å². The molecule has 19 heavy (non-hydrogen) atoms. The molecule has 2 nitrogen and oxygen atoms in total. The van der Waals surface area contributed by atoms with Crippen LogP contribution in [0, 0.1) is 6.92 Å². The number of methoxy groups -OCH3 is 1. The van der Waals surface area contributed by atoms with Crippen LogP contribution >= 0.6 is 15.9 Å². The number of hydrogen-bond donors (Lipinski definition) is 1. The van der Waals surface area contributed by atoms with E-state index in [2.05, 4.69) is 61.1 Å². The van der Waals surface area contributed by atoms with Gasteiger partial charge >= 0.3 is 0 Å². The van der Waals surface area contributed by atoms with Gasteiger partial charge < -0.3 is 10.1 Å². The average molecular weight is 328 g/mol. The van der Waals surface area contributed by atoms with Gasteiger partial charge in [0.15, 0.2) is 0 Å². The van der Waals surface area contributed by atoms with Crippen molar-refractivity contribution >= 4 is 15.9 Å². The highest BCUT2D eigenvalue weighted by Crippen LogP contribution is 2.28. The molecule has 0 atom stereocenters. The second-order valence-corrected chi connectivity index (χ2v) is 6.90. The molecule has 3 heteroatoms. The van der Waals surface area contributed by atoms with E-state index in [1.807, 2.05) is 0 Å². The first kappa shape index (κ1) is 16.5. The van der Waals surface area contributed by atoms with Gasteiger partial charge in [0, 0.05) is 10.0 Å². The van der Waals surface area contributed by atoms with E-state index in [1.54, 1.807) is 7.11 Å². The zero-order valence-electron chi connectivity index (χ0n) is 12.8. The minimum absolute atomic E-state index is 0.213. The van der Waals surface area contributed by atoms with Crippen molar-refractivity contribution in [3.8, 4) is 5.75 Å². The molecule has 0 unspecified atom stereocenters. The first-order valence-corrected chi connectivity index (χ1v) is 7.71. The fraction of sp³-hybridized carbons (Fsp3) is 0.625. The lowest BCUT2D eigenvalue weighted by Gasteiger charge is -2.20. The molecule has 1 aromatic rings. The number of nitrogens with one attached hydrogen (secondary N) is 1. The molecule has 1 rings (SSSR count). The smallest absolute Gasteiger partial charge is 0.122 e. The standard InChI is InChI=1S/C16H26BrNO/c1-12-10-15(19-5)13(11-14(12)17)8-6-7-9-18-16(2,3)4/h10-11,18H,6-9H2,1-5H3. The van der Waals surface area contributed by atoms with E-state index in [9.17, 15) is 0 Å². The first-order chi connectivity index (χ1) is 8.83. The lowest BCUT2D eigenvalue weighted by atomic mass is 10.0. The molecule has 0 fully saturated rings. The molecule has 1 N–H and O–H groups in total. The Balaban J connectivity index is 2.47. The van der Waals surface area contributed by atoms with Crippen molar-refractivity contribution < 1.29 is 4.74 Å². The van der Waals surface area contributed by atoms with Crippen LogP contribution < -0.4 is 10.1 Å². The van der Waals surface area contributed by atoms with Crippen molar-refractivity contribution in [2.45, 2.75) is 52.5 Å². The molecular formula is C16H26BrNO. The van der Waals surface area contributed by atoms with Crippen LogP contribution in [0.1, 0.15) is 44.7 Å². The second kappa shape index (κ2) is 7.30. The quantitative estimate of drug-likeness (QED) is 0.778. The highest BCUT2D eigenvalue weighted by atomic mass is 79.9. The normalized spacial score (nSPS) is 11.7. The van der Waals surface area contributed by atoms with Gasteiger partial charge in [-0.3, -0.25) is 0 Å². The lowest BCUT2D eigenvalue weighted by molar-refractivity contribution is 0.405. The summed E-state index contributed by atoms with van der Waals surface area (Å²) in [5, 5.41) is 3.52. The Morgan fingerprint density at radius 3 is 2.47 bits per heavy atom. The number of rotatable bonds is 6. The molecule has 0 saturated heterocycles. The topological polar surface area (TPSA) is 21.3 Å². The van der Waals surface area contributed by atoms with Crippen LogP contribution in [-0.2, 0) is 6.42 Å². The van der Waals surface area contributed by atoms with Crippen molar-refractivity contribution in [3.63, 3.8) is 0 Å². The predicted octanol–water partition coefficient (Wildman–Crippen LogP) is 4.48. The molecule has 0 saturated carbocycles. The molecule has 1 aromatic carbocycles. The SMILES string of the molecule is COc1cc(C)c(Br)cc1CCCCNC(C)(C)C. The summed E-state index contributed by atoms with van der Waals surface area (Å²) >= 11 is 3.59. The molecule has 0 aliphatic heterocycles.